The molecule has 0 saturated heterocycles. The Balaban J connectivity index is 1.99. The van der Waals surface area contributed by atoms with Crippen LogP contribution in [0.1, 0.15) is 31.7 Å². The molecule has 116 valence electrons. The lowest BCUT2D eigenvalue weighted by Gasteiger charge is -2.29. The van der Waals surface area contributed by atoms with Crippen LogP contribution in [0.2, 0.25) is 0 Å². The molecule has 2 heterocycles. The number of ether oxygens (including phenoxy) is 1. The minimum absolute atomic E-state index is 0.0769. The number of benzene rings is 1. The smallest absolute Gasteiger partial charge is 0.265 e. The van der Waals surface area contributed by atoms with E-state index in [1.54, 1.807) is 0 Å². The predicted octanol–water partition coefficient (Wildman–Crippen LogP) is 3.70. The third-order valence-electron chi connectivity index (χ3n) is 4.23. The Kier molecular flexibility index (Phi) is 3.64. The number of nitrogens with zero attached hydrogens (tertiary/aromatic N) is 1. The molecule has 0 saturated carbocycles. The van der Waals surface area contributed by atoms with Crippen molar-refractivity contribution in [3.05, 3.63) is 29.7 Å². The van der Waals surface area contributed by atoms with Gasteiger partial charge in [-0.3, -0.25) is 4.79 Å². The van der Waals surface area contributed by atoms with Gasteiger partial charge in [-0.15, -0.1) is 0 Å². The first-order chi connectivity index (χ1) is 10.5. The van der Waals surface area contributed by atoms with Crippen molar-refractivity contribution in [2.45, 2.75) is 40.2 Å². The van der Waals surface area contributed by atoms with E-state index in [1.807, 2.05) is 39.0 Å². The maximum Gasteiger partial charge on any atom is 0.265 e. The molecular formula is C17H20N2O3. The maximum absolute atomic E-state index is 12.1. The highest BCUT2D eigenvalue weighted by Gasteiger charge is 2.31. The number of nitrogens with one attached hydrogen (secondary N) is 1. The van der Waals surface area contributed by atoms with E-state index in [2.05, 4.69) is 17.4 Å². The van der Waals surface area contributed by atoms with Crippen molar-refractivity contribution in [2.75, 3.05) is 5.32 Å². The second kappa shape index (κ2) is 5.48. The number of amides is 1. The van der Waals surface area contributed by atoms with Gasteiger partial charge in [0, 0.05) is 11.5 Å². The highest BCUT2D eigenvalue weighted by molar-refractivity contribution is 5.98. The summed E-state index contributed by atoms with van der Waals surface area (Å²) in [5.41, 5.74) is 3.51. The molecule has 0 radical (unpaired) electrons. The van der Waals surface area contributed by atoms with Crippen LogP contribution in [0, 0.1) is 19.8 Å². The highest BCUT2D eigenvalue weighted by atomic mass is 16.5. The Labute approximate surface area is 129 Å². The summed E-state index contributed by atoms with van der Waals surface area (Å²) in [6, 6.07) is 5.75. The quantitative estimate of drug-likeness (QED) is 0.938. The van der Waals surface area contributed by atoms with Crippen LogP contribution in [0.4, 0.5) is 5.69 Å². The van der Waals surface area contributed by atoms with Gasteiger partial charge in [0.1, 0.15) is 11.5 Å². The Morgan fingerprint density at radius 1 is 1.36 bits per heavy atom. The Morgan fingerprint density at radius 2 is 2.14 bits per heavy atom. The van der Waals surface area contributed by atoms with Crippen LogP contribution in [-0.4, -0.2) is 17.2 Å². The molecule has 1 aromatic heterocycles. The normalized spacial score (nSPS) is 18.4. The summed E-state index contributed by atoms with van der Waals surface area (Å²) in [7, 11) is 0. The summed E-state index contributed by atoms with van der Waals surface area (Å²) >= 11 is 0. The fourth-order valence-corrected chi connectivity index (χ4v) is 2.76. The summed E-state index contributed by atoms with van der Waals surface area (Å²) in [4.78, 5) is 12.1. The largest absolute Gasteiger partial charge is 0.478 e. The highest BCUT2D eigenvalue weighted by Crippen LogP contribution is 2.37. The molecule has 1 aromatic carbocycles. The van der Waals surface area contributed by atoms with E-state index in [-0.39, 0.29) is 11.8 Å². The minimum atomic E-state index is -0.447. The molecule has 1 aliphatic heterocycles. The van der Waals surface area contributed by atoms with Gasteiger partial charge in [0.05, 0.1) is 11.4 Å². The molecular weight excluding hydrogens is 280 g/mol. The summed E-state index contributed by atoms with van der Waals surface area (Å²) in [5.74, 6) is 1.56. The zero-order chi connectivity index (χ0) is 15.9. The van der Waals surface area contributed by atoms with E-state index >= 15 is 0 Å². The van der Waals surface area contributed by atoms with Gasteiger partial charge in [-0.2, -0.15) is 0 Å². The van der Waals surface area contributed by atoms with Gasteiger partial charge in [0.2, 0.25) is 0 Å². The van der Waals surface area contributed by atoms with Crippen molar-refractivity contribution in [1.82, 2.24) is 5.16 Å². The molecule has 0 aliphatic carbocycles. The molecule has 2 atom stereocenters. The van der Waals surface area contributed by atoms with Crippen molar-refractivity contribution in [1.29, 1.82) is 0 Å². The number of rotatable bonds is 3. The molecule has 0 bridgehead atoms. The third-order valence-corrected chi connectivity index (χ3v) is 4.23. The lowest BCUT2D eigenvalue weighted by molar-refractivity contribution is -0.125. The number of carbonyl (C=O) groups excluding carboxylic acids is 1. The Morgan fingerprint density at radius 3 is 2.77 bits per heavy atom. The van der Waals surface area contributed by atoms with E-state index in [0.717, 1.165) is 29.0 Å². The van der Waals surface area contributed by atoms with Crippen molar-refractivity contribution < 1.29 is 14.1 Å². The van der Waals surface area contributed by atoms with Crippen molar-refractivity contribution >= 4 is 11.6 Å². The zero-order valence-electron chi connectivity index (χ0n) is 13.3. The van der Waals surface area contributed by atoms with Gasteiger partial charge in [0.15, 0.2) is 6.10 Å². The van der Waals surface area contributed by atoms with Gasteiger partial charge >= 0.3 is 0 Å². The first-order valence-electron chi connectivity index (χ1n) is 7.56. The van der Waals surface area contributed by atoms with E-state index in [9.17, 15) is 4.79 Å². The number of fused-ring (bicyclic) bond motifs is 1. The number of aryl methyl sites for hydroxylation is 2. The van der Waals surface area contributed by atoms with E-state index in [1.165, 1.54) is 0 Å². The van der Waals surface area contributed by atoms with Crippen LogP contribution in [-0.2, 0) is 4.79 Å². The van der Waals surface area contributed by atoms with E-state index in [0.29, 0.717) is 11.4 Å². The summed E-state index contributed by atoms with van der Waals surface area (Å²) in [6.07, 6.45) is 0.439. The first-order valence-corrected chi connectivity index (χ1v) is 7.56. The molecule has 2 aromatic rings. The van der Waals surface area contributed by atoms with E-state index < -0.39 is 6.10 Å². The fourth-order valence-electron chi connectivity index (χ4n) is 2.76. The predicted molar refractivity (Wildman–Crippen MR) is 83.9 cm³/mol. The molecule has 0 spiro atoms. The number of aromatic nitrogens is 1. The first kappa shape index (κ1) is 14.6. The maximum atomic E-state index is 12.1. The zero-order valence-corrected chi connectivity index (χ0v) is 13.3. The second-order valence-electron chi connectivity index (χ2n) is 5.82. The molecule has 1 aliphatic rings. The average molecular weight is 300 g/mol. The summed E-state index contributed by atoms with van der Waals surface area (Å²) in [5, 5.41) is 6.91. The van der Waals surface area contributed by atoms with Crippen molar-refractivity contribution in [3.8, 4) is 16.9 Å². The monoisotopic (exact) mass is 300 g/mol. The number of hydrogen-bond donors (Lipinski definition) is 1. The number of anilines is 1. The molecule has 5 heteroatoms. The topological polar surface area (TPSA) is 64.4 Å². The molecule has 22 heavy (non-hydrogen) atoms. The molecule has 1 amide bonds. The molecule has 5 nitrogen and oxygen atoms in total. The summed E-state index contributed by atoms with van der Waals surface area (Å²) < 4.78 is 11.2. The van der Waals surface area contributed by atoms with Crippen LogP contribution < -0.4 is 10.1 Å². The van der Waals surface area contributed by atoms with Crippen LogP contribution >= 0.6 is 0 Å². The van der Waals surface area contributed by atoms with Gasteiger partial charge < -0.3 is 14.6 Å². The van der Waals surface area contributed by atoms with Gasteiger partial charge in [-0.1, -0.05) is 25.1 Å². The molecule has 0 fully saturated rings. The number of carbonyl (C=O) groups is 1. The molecule has 2 unspecified atom stereocenters. The SMILES string of the molecule is CCC(C)C1Oc2cc(-c3c(C)noc3C)ccc2NC1=O. The van der Waals surface area contributed by atoms with Crippen molar-refractivity contribution in [3.63, 3.8) is 0 Å². The van der Waals surface area contributed by atoms with Gasteiger partial charge in [0.25, 0.3) is 5.91 Å². The third kappa shape index (κ3) is 2.36. The lowest BCUT2D eigenvalue weighted by atomic mass is 9.98. The Hall–Kier alpha value is -2.30. The van der Waals surface area contributed by atoms with Crippen molar-refractivity contribution in [2.24, 2.45) is 5.92 Å². The van der Waals surface area contributed by atoms with Crippen LogP contribution in [0.25, 0.3) is 11.1 Å². The Bertz CT molecular complexity index is 701. The van der Waals surface area contributed by atoms with Crippen LogP contribution in [0.3, 0.4) is 0 Å². The standard InChI is InChI=1S/C17H20N2O3/c1-5-9(2)16-17(20)18-13-7-6-12(8-14(13)21-16)15-10(3)19-22-11(15)4/h6-9,16H,5H2,1-4H3,(H,18,20). The number of hydrogen-bond acceptors (Lipinski definition) is 4. The van der Waals surface area contributed by atoms with Crippen LogP contribution in [0.15, 0.2) is 22.7 Å². The van der Waals surface area contributed by atoms with Crippen LogP contribution in [0.5, 0.6) is 5.75 Å². The second-order valence-corrected chi connectivity index (χ2v) is 5.82. The lowest BCUT2D eigenvalue weighted by Crippen LogP contribution is -2.41. The fraction of sp³-hybridized carbons (Fsp3) is 0.412. The van der Waals surface area contributed by atoms with Gasteiger partial charge in [-0.05, 0) is 38.0 Å². The van der Waals surface area contributed by atoms with Gasteiger partial charge in [-0.25, -0.2) is 0 Å². The minimum Gasteiger partial charge on any atom is -0.478 e. The summed E-state index contributed by atoms with van der Waals surface area (Å²) in [6.45, 7) is 7.87. The average Bonchev–Trinajstić information content (AvgIpc) is 2.84. The molecule has 3 rings (SSSR count). The van der Waals surface area contributed by atoms with E-state index in [4.69, 9.17) is 9.26 Å². The molecule has 1 N–H and O–H groups in total.